The molecule has 1 saturated heterocycles. The average Bonchev–Trinajstić information content (AvgIpc) is 2.74. The van der Waals surface area contributed by atoms with E-state index in [9.17, 15) is 15.3 Å². The first-order valence-electron chi connectivity index (χ1n) is 7.02. The molecule has 0 unspecified atom stereocenters. The van der Waals surface area contributed by atoms with Gasteiger partial charge in [0.2, 0.25) is 0 Å². The minimum atomic E-state index is -0.980. The van der Waals surface area contributed by atoms with Crippen molar-refractivity contribution in [3.63, 3.8) is 0 Å². The van der Waals surface area contributed by atoms with Crippen molar-refractivity contribution >= 4 is 0 Å². The van der Waals surface area contributed by atoms with Crippen molar-refractivity contribution in [3.05, 3.63) is 12.2 Å². The molecule has 1 rings (SSSR count). The fourth-order valence-corrected chi connectivity index (χ4v) is 2.15. The molecule has 0 aromatic carbocycles. The Balaban J connectivity index is 2.15. The van der Waals surface area contributed by atoms with Gasteiger partial charge in [0.25, 0.3) is 0 Å². The summed E-state index contributed by atoms with van der Waals surface area (Å²) in [6.07, 6.45) is 5.30. The minimum Gasteiger partial charge on any atom is -0.394 e. The maximum absolute atomic E-state index is 9.69. The normalized spacial score (nSPS) is 29.2. The lowest BCUT2D eigenvalue weighted by Crippen LogP contribution is -2.42. The Kier molecular flexibility index (Phi) is 8.25. The molecule has 5 nitrogen and oxygen atoms in total. The number of ether oxygens (including phenoxy) is 2. The van der Waals surface area contributed by atoms with E-state index in [-0.39, 0.29) is 13.2 Å². The van der Waals surface area contributed by atoms with E-state index in [2.05, 4.69) is 6.08 Å². The van der Waals surface area contributed by atoms with Crippen LogP contribution in [0.3, 0.4) is 0 Å². The monoisotopic (exact) mass is 274 g/mol. The molecule has 0 aromatic heterocycles. The maximum Gasteiger partial charge on any atom is 0.114 e. The lowest BCUT2D eigenvalue weighted by molar-refractivity contribution is -0.101. The van der Waals surface area contributed by atoms with E-state index >= 15 is 0 Å². The molecule has 1 fully saturated rings. The summed E-state index contributed by atoms with van der Waals surface area (Å²) in [6.45, 7) is 2.42. The van der Waals surface area contributed by atoms with Gasteiger partial charge in [-0.3, -0.25) is 0 Å². The van der Waals surface area contributed by atoms with Crippen LogP contribution in [0.2, 0.25) is 0 Å². The number of hydrogen-bond acceptors (Lipinski definition) is 5. The molecule has 1 heterocycles. The largest absolute Gasteiger partial charge is 0.394 e. The van der Waals surface area contributed by atoms with E-state index < -0.39 is 24.4 Å². The zero-order valence-electron chi connectivity index (χ0n) is 11.6. The van der Waals surface area contributed by atoms with Gasteiger partial charge in [-0.15, -0.1) is 0 Å². The van der Waals surface area contributed by atoms with Crippen molar-refractivity contribution in [2.24, 2.45) is 0 Å². The Bertz CT molecular complexity index is 256. The van der Waals surface area contributed by atoms with Crippen LogP contribution in [-0.2, 0) is 9.47 Å². The predicted octanol–water partition coefficient (Wildman–Crippen LogP) is 0.621. The summed E-state index contributed by atoms with van der Waals surface area (Å²) in [6, 6.07) is 0. The molecule has 0 radical (unpaired) electrons. The predicted molar refractivity (Wildman–Crippen MR) is 71.9 cm³/mol. The number of aliphatic hydroxyl groups is 3. The van der Waals surface area contributed by atoms with Crippen LogP contribution in [0.15, 0.2) is 12.2 Å². The third-order valence-electron chi connectivity index (χ3n) is 3.32. The van der Waals surface area contributed by atoms with Gasteiger partial charge in [0, 0.05) is 6.61 Å². The van der Waals surface area contributed by atoms with Gasteiger partial charge in [-0.2, -0.15) is 0 Å². The molecule has 19 heavy (non-hydrogen) atoms. The van der Waals surface area contributed by atoms with Crippen molar-refractivity contribution in [3.8, 4) is 0 Å². The van der Waals surface area contributed by atoms with Crippen LogP contribution in [-0.4, -0.2) is 59.6 Å². The van der Waals surface area contributed by atoms with E-state index in [1.165, 1.54) is 0 Å². The van der Waals surface area contributed by atoms with Crippen molar-refractivity contribution in [2.75, 3.05) is 19.8 Å². The Morgan fingerprint density at radius 3 is 2.68 bits per heavy atom. The van der Waals surface area contributed by atoms with Gasteiger partial charge in [0.15, 0.2) is 0 Å². The number of aliphatic hydroxyl groups excluding tert-OH is 3. The Morgan fingerprint density at radius 1 is 1.32 bits per heavy atom. The molecule has 1 aliphatic heterocycles. The number of allylic oxidation sites excluding steroid dienone is 2. The highest BCUT2D eigenvalue weighted by Crippen LogP contribution is 2.19. The Hall–Kier alpha value is -0.460. The Labute approximate surface area is 114 Å². The second kappa shape index (κ2) is 9.44. The molecule has 112 valence electrons. The van der Waals surface area contributed by atoms with Crippen molar-refractivity contribution in [1.29, 1.82) is 0 Å². The summed E-state index contributed by atoms with van der Waals surface area (Å²) in [5.41, 5.74) is 0. The van der Waals surface area contributed by atoms with E-state index in [1.54, 1.807) is 0 Å². The summed E-state index contributed by atoms with van der Waals surface area (Å²) < 4.78 is 10.8. The lowest BCUT2D eigenvalue weighted by atomic mass is 10.1. The fraction of sp³-hybridized carbons (Fsp3) is 0.857. The molecule has 0 aromatic rings. The van der Waals surface area contributed by atoms with Gasteiger partial charge >= 0.3 is 0 Å². The second-order valence-corrected chi connectivity index (χ2v) is 4.87. The molecule has 0 amide bonds. The molecule has 0 bridgehead atoms. The molecule has 1 aliphatic rings. The third kappa shape index (κ3) is 5.58. The maximum atomic E-state index is 9.69. The molecule has 4 atom stereocenters. The van der Waals surface area contributed by atoms with Gasteiger partial charge < -0.3 is 24.8 Å². The van der Waals surface area contributed by atoms with E-state index in [0.29, 0.717) is 6.61 Å². The van der Waals surface area contributed by atoms with Gasteiger partial charge in [0.05, 0.1) is 13.2 Å². The van der Waals surface area contributed by atoms with Gasteiger partial charge in [-0.25, -0.2) is 0 Å². The van der Waals surface area contributed by atoms with Crippen LogP contribution in [0.5, 0.6) is 0 Å². The standard InChI is InChI=1S/C14H26O5/c1-2-3-4-5-6-7-8-18-12(9-15)14-13(17)11(16)10-19-14/h2-3,11-17H,4-10H2,1H3/b3-2+/t11-,12+,13-,14-/m1/s1. The van der Waals surface area contributed by atoms with Crippen LogP contribution in [0.4, 0.5) is 0 Å². The van der Waals surface area contributed by atoms with Crippen LogP contribution < -0.4 is 0 Å². The number of rotatable bonds is 9. The summed E-state index contributed by atoms with van der Waals surface area (Å²) in [7, 11) is 0. The molecular weight excluding hydrogens is 248 g/mol. The van der Waals surface area contributed by atoms with E-state index in [1.807, 2.05) is 13.0 Å². The zero-order chi connectivity index (χ0) is 14.1. The van der Waals surface area contributed by atoms with Crippen LogP contribution in [0.25, 0.3) is 0 Å². The average molecular weight is 274 g/mol. The first-order chi connectivity index (χ1) is 9.20. The van der Waals surface area contributed by atoms with Crippen molar-refractivity contribution < 1.29 is 24.8 Å². The molecule has 3 N–H and O–H groups in total. The van der Waals surface area contributed by atoms with Crippen LogP contribution in [0, 0.1) is 0 Å². The fourth-order valence-electron chi connectivity index (χ4n) is 2.15. The van der Waals surface area contributed by atoms with Gasteiger partial charge in [-0.1, -0.05) is 18.6 Å². The van der Waals surface area contributed by atoms with E-state index in [4.69, 9.17) is 9.47 Å². The van der Waals surface area contributed by atoms with Crippen molar-refractivity contribution in [2.45, 2.75) is 57.0 Å². The number of hydrogen-bond donors (Lipinski definition) is 3. The van der Waals surface area contributed by atoms with E-state index in [0.717, 1.165) is 25.7 Å². The molecule has 0 spiro atoms. The second-order valence-electron chi connectivity index (χ2n) is 4.87. The summed E-state index contributed by atoms with van der Waals surface area (Å²) in [5.74, 6) is 0. The molecule has 5 heteroatoms. The first kappa shape index (κ1) is 16.6. The van der Waals surface area contributed by atoms with Crippen molar-refractivity contribution in [1.82, 2.24) is 0 Å². The minimum absolute atomic E-state index is 0.0923. The summed E-state index contributed by atoms with van der Waals surface area (Å²) in [4.78, 5) is 0. The Morgan fingerprint density at radius 2 is 2.11 bits per heavy atom. The smallest absolute Gasteiger partial charge is 0.114 e. The summed E-state index contributed by atoms with van der Waals surface area (Å²) in [5, 5.41) is 28.3. The quantitative estimate of drug-likeness (QED) is 0.424. The third-order valence-corrected chi connectivity index (χ3v) is 3.32. The SMILES string of the molecule is C/C=C/CCCCCO[C@@H](CO)[C@H]1OC[C@@H](O)[C@H]1O. The van der Waals surface area contributed by atoms with Crippen LogP contribution >= 0.6 is 0 Å². The highest BCUT2D eigenvalue weighted by atomic mass is 16.6. The highest BCUT2D eigenvalue weighted by Gasteiger charge is 2.40. The number of unbranched alkanes of at least 4 members (excludes halogenated alkanes) is 3. The molecule has 0 saturated carbocycles. The lowest BCUT2D eigenvalue weighted by Gasteiger charge is -2.24. The molecule has 0 aliphatic carbocycles. The first-order valence-corrected chi connectivity index (χ1v) is 7.02. The highest BCUT2D eigenvalue weighted by molar-refractivity contribution is 4.88. The van der Waals surface area contributed by atoms with Gasteiger partial charge in [0.1, 0.15) is 24.4 Å². The van der Waals surface area contributed by atoms with Crippen LogP contribution in [0.1, 0.15) is 32.6 Å². The summed E-state index contributed by atoms with van der Waals surface area (Å²) >= 11 is 0. The molecular formula is C14H26O5. The topological polar surface area (TPSA) is 79.2 Å². The van der Waals surface area contributed by atoms with Gasteiger partial charge in [-0.05, 0) is 26.2 Å². The zero-order valence-corrected chi connectivity index (χ0v) is 11.6.